The molecule has 5 nitrogen and oxygen atoms in total. The first-order chi connectivity index (χ1) is 12.5. The van der Waals surface area contributed by atoms with Gasteiger partial charge in [-0.2, -0.15) is 0 Å². The van der Waals surface area contributed by atoms with Gasteiger partial charge in [0.15, 0.2) is 0 Å². The summed E-state index contributed by atoms with van der Waals surface area (Å²) in [7, 11) is 3.41. The van der Waals surface area contributed by atoms with Gasteiger partial charge in [-0.3, -0.25) is 9.59 Å². The van der Waals surface area contributed by atoms with Crippen LogP contribution in [0, 0.1) is 0 Å². The lowest BCUT2D eigenvalue weighted by Crippen LogP contribution is -2.36. The van der Waals surface area contributed by atoms with Gasteiger partial charge in [0.1, 0.15) is 0 Å². The summed E-state index contributed by atoms with van der Waals surface area (Å²) in [4.78, 5) is 31.9. The van der Waals surface area contributed by atoms with Crippen LogP contribution in [0.2, 0.25) is 0 Å². The third-order valence-corrected chi connectivity index (χ3v) is 4.93. The van der Waals surface area contributed by atoms with E-state index in [1.165, 1.54) is 15.8 Å². The molecular weight excluding hydrogens is 326 g/mol. The Kier molecular flexibility index (Phi) is 3.99. The second-order valence-corrected chi connectivity index (χ2v) is 6.88. The number of nitrogens with zero attached hydrogens (tertiary/aromatic N) is 2. The minimum Gasteiger partial charge on any atom is -0.357 e. The van der Waals surface area contributed by atoms with Crippen LogP contribution in [0.25, 0.3) is 10.9 Å². The van der Waals surface area contributed by atoms with Gasteiger partial charge in [-0.15, -0.1) is 0 Å². The van der Waals surface area contributed by atoms with Gasteiger partial charge in [-0.25, -0.2) is 0 Å². The van der Waals surface area contributed by atoms with Crippen molar-refractivity contribution in [1.82, 2.24) is 14.8 Å². The highest BCUT2D eigenvalue weighted by atomic mass is 16.2. The van der Waals surface area contributed by atoms with Crippen molar-refractivity contribution in [2.24, 2.45) is 0 Å². The summed E-state index contributed by atoms with van der Waals surface area (Å²) in [5, 5.41) is 1.24. The fourth-order valence-corrected chi connectivity index (χ4v) is 3.59. The molecule has 0 unspecified atom stereocenters. The summed E-state index contributed by atoms with van der Waals surface area (Å²) < 4.78 is 0. The highest BCUT2D eigenvalue weighted by Crippen LogP contribution is 2.28. The highest BCUT2D eigenvalue weighted by Gasteiger charge is 2.25. The second-order valence-electron chi connectivity index (χ2n) is 6.88. The summed E-state index contributed by atoms with van der Waals surface area (Å²) in [5.41, 5.74) is 4.61. The second kappa shape index (κ2) is 6.33. The van der Waals surface area contributed by atoms with Gasteiger partial charge in [-0.05, 0) is 36.2 Å². The van der Waals surface area contributed by atoms with E-state index in [2.05, 4.69) is 17.1 Å². The molecule has 1 aliphatic heterocycles. The van der Waals surface area contributed by atoms with E-state index in [-0.39, 0.29) is 11.8 Å². The number of para-hydroxylation sites is 1. The van der Waals surface area contributed by atoms with Crippen molar-refractivity contribution in [2.75, 3.05) is 20.6 Å². The van der Waals surface area contributed by atoms with Gasteiger partial charge >= 0.3 is 0 Å². The minimum atomic E-state index is -0.101. The Morgan fingerprint density at radius 1 is 1.04 bits per heavy atom. The first kappa shape index (κ1) is 16.4. The van der Waals surface area contributed by atoms with Crippen LogP contribution in [0.4, 0.5) is 0 Å². The summed E-state index contributed by atoms with van der Waals surface area (Å²) >= 11 is 0. The van der Waals surface area contributed by atoms with Crippen molar-refractivity contribution in [3.63, 3.8) is 0 Å². The molecule has 2 aromatic carbocycles. The molecule has 0 saturated heterocycles. The molecule has 0 aliphatic carbocycles. The van der Waals surface area contributed by atoms with E-state index < -0.39 is 0 Å². The molecule has 1 N–H and O–H groups in total. The molecule has 3 aromatic rings. The highest BCUT2D eigenvalue weighted by molar-refractivity contribution is 5.99. The Morgan fingerprint density at radius 3 is 2.62 bits per heavy atom. The van der Waals surface area contributed by atoms with Gasteiger partial charge in [0.05, 0.1) is 6.54 Å². The standard InChI is InChI=1S/C21H21N3O2/c1-23(2)20(25)14-6-5-7-15(12-14)21(26)24-11-10-17-16-8-3-4-9-18(16)22-19(17)13-24/h3-9,12,22H,10-11,13H2,1-2H3. The van der Waals surface area contributed by atoms with Crippen LogP contribution in [0.3, 0.4) is 0 Å². The lowest BCUT2D eigenvalue weighted by atomic mass is 10.0. The Bertz CT molecular complexity index is 1000. The number of H-pyrrole nitrogens is 1. The number of benzene rings is 2. The number of amides is 2. The molecule has 0 atom stereocenters. The van der Waals surface area contributed by atoms with E-state index in [1.54, 1.807) is 38.4 Å². The molecule has 1 aromatic heterocycles. The minimum absolute atomic E-state index is 0.0392. The van der Waals surface area contributed by atoms with Crippen LogP contribution in [0.5, 0.6) is 0 Å². The van der Waals surface area contributed by atoms with Gasteiger partial charge < -0.3 is 14.8 Å². The summed E-state index contributed by atoms with van der Waals surface area (Å²) in [5.74, 6) is -0.140. The van der Waals surface area contributed by atoms with Crippen LogP contribution in [0.15, 0.2) is 48.5 Å². The predicted octanol–water partition coefficient (Wildman–Crippen LogP) is 3.07. The van der Waals surface area contributed by atoms with Crippen LogP contribution < -0.4 is 0 Å². The normalized spacial score (nSPS) is 13.5. The van der Waals surface area contributed by atoms with Crippen molar-refractivity contribution >= 4 is 22.7 Å². The molecule has 0 saturated carbocycles. The monoisotopic (exact) mass is 347 g/mol. The van der Waals surface area contributed by atoms with Crippen molar-refractivity contribution in [2.45, 2.75) is 13.0 Å². The fourth-order valence-electron chi connectivity index (χ4n) is 3.59. The van der Waals surface area contributed by atoms with Gasteiger partial charge in [0.25, 0.3) is 11.8 Å². The smallest absolute Gasteiger partial charge is 0.254 e. The maximum Gasteiger partial charge on any atom is 0.254 e. The number of aromatic nitrogens is 1. The Balaban J connectivity index is 1.60. The number of carbonyl (C=O) groups is 2. The zero-order chi connectivity index (χ0) is 18.3. The quantitative estimate of drug-likeness (QED) is 0.774. The van der Waals surface area contributed by atoms with Crippen LogP contribution in [0.1, 0.15) is 32.0 Å². The van der Waals surface area contributed by atoms with Crippen LogP contribution >= 0.6 is 0 Å². The molecule has 1 aliphatic rings. The van der Waals surface area contributed by atoms with E-state index >= 15 is 0 Å². The largest absolute Gasteiger partial charge is 0.357 e. The van der Waals surface area contributed by atoms with Gasteiger partial charge in [-0.1, -0.05) is 24.3 Å². The van der Waals surface area contributed by atoms with E-state index in [9.17, 15) is 9.59 Å². The molecule has 0 radical (unpaired) electrons. The van der Waals surface area contributed by atoms with E-state index in [1.807, 2.05) is 17.0 Å². The first-order valence-corrected chi connectivity index (χ1v) is 8.74. The Labute approximate surface area is 152 Å². The van der Waals surface area contributed by atoms with Crippen molar-refractivity contribution in [3.8, 4) is 0 Å². The number of hydrogen-bond acceptors (Lipinski definition) is 2. The molecule has 132 valence electrons. The third kappa shape index (κ3) is 2.75. The zero-order valence-electron chi connectivity index (χ0n) is 15.0. The maximum atomic E-state index is 13.0. The molecular formula is C21H21N3O2. The van der Waals surface area contributed by atoms with Gasteiger partial charge in [0.2, 0.25) is 0 Å². The first-order valence-electron chi connectivity index (χ1n) is 8.74. The lowest BCUT2D eigenvalue weighted by Gasteiger charge is -2.27. The zero-order valence-corrected chi connectivity index (χ0v) is 15.0. The predicted molar refractivity (Wildman–Crippen MR) is 101 cm³/mol. The average Bonchev–Trinajstić information content (AvgIpc) is 3.04. The van der Waals surface area contributed by atoms with Crippen molar-refractivity contribution in [1.29, 1.82) is 0 Å². The molecule has 0 spiro atoms. The summed E-state index contributed by atoms with van der Waals surface area (Å²) in [6.07, 6.45) is 0.835. The van der Waals surface area contributed by atoms with Gasteiger partial charge in [0, 0.05) is 48.4 Å². The number of hydrogen-bond donors (Lipinski definition) is 1. The third-order valence-electron chi connectivity index (χ3n) is 4.93. The topological polar surface area (TPSA) is 56.4 Å². The molecule has 0 fully saturated rings. The van der Waals surface area contributed by atoms with E-state index in [4.69, 9.17) is 0 Å². The number of fused-ring (bicyclic) bond motifs is 3. The van der Waals surface area contributed by atoms with E-state index in [0.29, 0.717) is 24.2 Å². The van der Waals surface area contributed by atoms with Crippen LogP contribution in [-0.4, -0.2) is 47.2 Å². The SMILES string of the molecule is CN(C)C(=O)c1cccc(C(=O)N2CCc3c([nH]c4ccccc34)C2)c1. The number of carbonyl (C=O) groups excluding carboxylic acids is 2. The van der Waals surface area contributed by atoms with Crippen LogP contribution in [-0.2, 0) is 13.0 Å². The Hall–Kier alpha value is -3.08. The molecule has 2 amide bonds. The lowest BCUT2D eigenvalue weighted by molar-refractivity contribution is 0.0733. The molecule has 26 heavy (non-hydrogen) atoms. The fraction of sp³-hybridized carbons (Fsp3) is 0.238. The van der Waals surface area contributed by atoms with Crippen molar-refractivity contribution in [3.05, 3.63) is 70.9 Å². The summed E-state index contributed by atoms with van der Waals surface area (Å²) in [6.45, 7) is 1.24. The van der Waals surface area contributed by atoms with E-state index in [0.717, 1.165) is 17.6 Å². The Morgan fingerprint density at radius 2 is 1.81 bits per heavy atom. The molecule has 5 heteroatoms. The summed E-state index contributed by atoms with van der Waals surface area (Å²) in [6, 6.07) is 15.2. The molecule has 4 rings (SSSR count). The molecule has 0 bridgehead atoms. The number of rotatable bonds is 2. The number of nitrogens with one attached hydrogen (secondary N) is 1. The maximum absolute atomic E-state index is 13.0. The van der Waals surface area contributed by atoms with Crippen molar-refractivity contribution < 1.29 is 9.59 Å². The molecule has 2 heterocycles. The average molecular weight is 347 g/mol. The number of aromatic amines is 1.